The summed E-state index contributed by atoms with van der Waals surface area (Å²) in [6.45, 7) is 12.9. The van der Waals surface area contributed by atoms with Crippen LogP contribution < -0.4 is 19.9 Å². The van der Waals surface area contributed by atoms with Crippen LogP contribution in [0, 0.1) is 35.8 Å². The first-order chi connectivity index (χ1) is 16.0. The van der Waals surface area contributed by atoms with Crippen LogP contribution in [0.15, 0.2) is 12.1 Å². The Bertz CT molecular complexity index is 1270. The summed E-state index contributed by atoms with van der Waals surface area (Å²) in [6.07, 6.45) is -0.149. The topological polar surface area (TPSA) is 208 Å². The molecule has 0 aliphatic carbocycles. The lowest BCUT2D eigenvalue weighted by Crippen LogP contribution is -2.21. The Morgan fingerprint density at radius 2 is 1.15 bits per heavy atom. The van der Waals surface area contributed by atoms with E-state index in [1.807, 2.05) is 0 Å². The second kappa shape index (κ2) is 13.1. The quantitative estimate of drug-likeness (QED) is 0.148. The number of benzene rings is 1. The van der Waals surface area contributed by atoms with Crippen molar-refractivity contribution >= 4 is 32.2 Å². The van der Waals surface area contributed by atoms with Crippen molar-refractivity contribution in [1.82, 2.24) is 0 Å². The summed E-state index contributed by atoms with van der Waals surface area (Å²) >= 11 is 0. The molecule has 0 atom stereocenters. The predicted molar refractivity (Wildman–Crippen MR) is 108 cm³/mol. The van der Waals surface area contributed by atoms with E-state index >= 15 is 0 Å². The molecule has 34 heavy (non-hydrogen) atoms. The van der Waals surface area contributed by atoms with Crippen molar-refractivity contribution in [2.75, 3.05) is 26.4 Å². The molecule has 14 nitrogen and oxygen atoms in total. The molecule has 0 radical (unpaired) electrons. The van der Waals surface area contributed by atoms with Crippen molar-refractivity contribution in [3.63, 3.8) is 0 Å². The summed E-state index contributed by atoms with van der Waals surface area (Å²) < 4.78 is 81.8. The van der Waals surface area contributed by atoms with Crippen molar-refractivity contribution < 1.29 is 43.8 Å². The Hall–Kier alpha value is -3.74. The van der Waals surface area contributed by atoms with Crippen LogP contribution in [0.2, 0.25) is 0 Å². The van der Waals surface area contributed by atoms with Crippen LogP contribution in [0.1, 0.15) is 12.8 Å². The zero-order valence-electron chi connectivity index (χ0n) is 17.1. The summed E-state index contributed by atoms with van der Waals surface area (Å²) in [4.78, 5) is 6.16. The Balaban J connectivity index is 3.36. The Labute approximate surface area is 195 Å². The van der Waals surface area contributed by atoms with Crippen LogP contribution in [0.25, 0.3) is 21.1 Å². The van der Waals surface area contributed by atoms with Gasteiger partial charge in [0.25, 0.3) is 11.4 Å². The van der Waals surface area contributed by atoms with Gasteiger partial charge in [0.2, 0.25) is 20.8 Å². The van der Waals surface area contributed by atoms with E-state index in [1.54, 1.807) is 12.1 Å². The van der Waals surface area contributed by atoms with Crippen LogP contribution in [0.4, 0.5) is 0 Å². The first-order valence-corrected chi connectivity index (χ1v) is 11.6. The van der Waals surface area contributed by atoms with E-state index in [2.05, 4.69) is 18.1 Å². The van der Waals surface area contributed by atoms with Gasteiger partial charge < -0.3 is 18.6 Å². The van der Waals surface area contributed by atoms with Gasteiger partial charge in [-0.2, -0.15) is 0 Å². The fourth-order valence-corrected chi connectivity index (χ4v) is 2.91. The highest BCUT2D eigenvalue weighted by atomic mass is 32.3. The highest BCUT2D eigenvalue weighted by molar-refractivity contribution is 7.81. The van der Waals surface area contributed by atoms with E-state index in [9.17, 15) is 36.5 Å². The van der Waals surface area contributed by atoms with Gasteiger partial charge >= 0.3 is 0 Å². The van der Waals surface area contributed by atoms with Crippen LogP contribution in [0.3, 0.4) is 0 Å². The van der Waals surface area contributed by atoms with Crippen LogP contribution in [-0.4, -0.2) is 52.4 Å². The smallest absolute Gasteiger partial charge is 0.272 e. The average molecular weight is 510 g/mol. The maximum Gasteiger partial charge on any atom is 0.272 e. The van der Waals surface area contributed by atoms with Crippen molar-refractivity contribution in [3.8, 4) is 23.6 Å². The zero-order chi connectivity index (χ0) is 25.8. The van der Waals surface area contributed by atoms with Crippen molar-refractivity contribution in [2.24, 2.45) is 0 Å². The highest BCUT2D eigenvalue weighted by Crippen LogP contribution is 2.13. The average Bonchev–Trinajstić information content (AvgIpc) is 2.75. The molecule has 0 aliphatic rings. The van der Waals surface area contributed by atoms with Gasteiger partial charge in [0.05, 0.1) is 51.7 Å². The van der Waals surface area contributed by atoms with Crippen LogP contribution >= 0.6 is 0 Å². The molecule has 0 bridgehead atoms. The predicted octanol–water partition coefficient (Wildman–Crippen LogP) is -0.720. The third kappa shape index (κ3) is 9.81. The molecule has 1 aromatic rings. The van der Waals surface area contributed by atoms with E-state index < -0.39 is 45.4 Å². The molecule has 0 fully saturated rings. The molecule has 0 heterocycles. The molecule has 1 aromatic carbocycles. The first kappa shape index (κ1) is 28.3. The lowest BCUT2D eigenvalue weighted by Gasteiger charge is -2.13. The standard InChI is InChI=1S/C18H16N4O10S2/c1-21-15(11-19)13-9-18(30-6-4-8-32-34(26,27)28)14(16(12-20)22-2)10-17(13)29-5-3-7-31-33(23,24)25/h9-10H,3-8H2,(H,23,24,25)(H,26,27,28)/p-2/b15-13-,16-14+. The lowest BCUT2D eigenvalue weighted by molar-refractivity contribution is 0.221. The minimum absolute atomic E-state index is 0.0747. The number of rotatable bonds is 12. The Morgan fingerprint density at radius 3 is 1.41 bits per heavy atom. The molecule has 0 unspecified atom stereocenters. The Morgan fingerprint density at radius 1 is 0.794 bits per heavy atom. The molecule has 0 saturated carbocycles. The minimum Gasteiger partial charge on any atom is -0.726 e. The number of hydrogen-bond acceptors (Lipinski definition) is 12. The van der Waals surface area contributed by atoms with Gasteiger partial charge in [-0.25, -0.2) is 37.0 Å². The van der Waals surface area contributed by atoms with Crippen molar-refractivity contribution in [1.29, 1.82) is 10.5 Å². The molecule has 16 heteroatoms. The number of ether oxygens (including phenoxy) is 2. The van der Waals surface area contributed by atoms with E-state index in [1.165, 1.54) is 0 Å². The molecule has 0 aliphatic heterocycles. The maximum atomic E-state index is 10.5. The summed E-state index contributed by atoms with van der Waals surface area (Å²) in [5.74, 6) is -0.228. The summed E-state index contributed by atoms with van der Waals surface area (Å²) in [5, 5.41) is 18.4. The molecule has 0 amide bonds. The van der Waals surface area contributed by atoms with Crippen molar-refractivity contribution in [2.45, 2.75) is 12.8 Å². The first-order valence-electron chi connectivity index (χ1n) is 8.89. The SMILES string of the molecule is [C-]#[N+]/C(C#N)=c1/cc(OCCCOS(=O)(=O)[O-])/c(=C(\C#N)[N+]#[C-])cc1OCCCOS(=O)(=O)[O-]. The monoisotopic (exact) mass is 510 g/mol. The van der Waals surface area contributed by atoms with Gasteiger partial charge in [0.15, 0.2) is 0 Å². The zero-order valence-corrected chi connectivity index (χ0v) is 18.7. The van der Waals surface area contributed by atoms with Gasteiger partial charge in [-0.05, 0) is 12.1 Å². The maximum absolute atomic E-state index is 10.5. The van der Waals surface area contributed by atoms with E-state index in [0.717, 1.165) is 12.1 Å². The fraction of sp³-hybridized carbons (Fsp3) is 0.333. The van der Waals surface area contributed by atoms with Gasteiger partial charge in [-0.1, -0.05) is 0 Å². The minimum atomic E-state index is -4.89. The summed E-state index contributed by atoms with van der Waals surface area (Å²) in [5.41, 5.74) is -0.876. The van der Waals surface area contributed by atoms with Gasteiger partial charge in [0, 0.05) is 23.3 Å². The highest BCUT2D eigenvalue weighted by Gasteiger charge is 2.12. The fourth-order valence-electron chi connectivity index (χ4n) is 2.26. The third-order valence-electron chi connectivity index (χ3n) is 3.58. The molecule has 1 rings (SSSR count). The number of nitrogens with zero attached hydrogens (tertiary/aromatic N) is 4. The van der Waals surface area contributed by atoms with E-state index in [0.29, 0.717) is 0 Å². The molecule has 0 N–H and O–H groups in total. The number of hydrogen-bond donors (Lipinski definition) is 0. The van der Waals surface area contributed by atoms with E-state index in [4.69, 9.17) is 22.6 Å². The van der Waals surface area contributed by atoms with Gasteiger partial charge in [-0.15, -0.1) is 0 Å². The largest absolute Gasteiger partial charge is 0.726 e. The van der Waals surface area contributed by atoms with Gasteiger partial charge in [0.1, 0.15) is 11.5 Å². The second-order valence-electron chi connectivity index (χ2n) is 5.85. The molecular formula is C18H14N4O10S2-2. The lowest BCUT2D eigenvalue weighted by atomic mass is 10.1. The Kier molecular flexibility index (Phi) is 10.9. The molecule has 180 valence electrons. The molecular weight excluding hydrogens is 496 g/mol. The second-order valence-corrected chi connectivity index (χ2v) is 7.96. The molecule has 0 aromatic heterocycles. The van der Waals surface area contributed by atoms with Crippen LogP contribution in [-0.2, 0) is 29.2 Å². The summed E-state index contributed by atoms with van der Waals surface area (Å²) in [6, 6.07) is 5.63. The summed E-state index contributed by atoms with van der Waals surface area (Å²) in [7, 11) is -9.78. The third-order valence-corrected chi connectivity index (χ3v) is 4.49. The number of nitriles is 2. The normalized spacial score (nSPS) is 12.9. The van der Waals surface area contributed by atoms with Crippen molar-refractivity contribution in [3.05, 3.63) is 45.4 Å². The van der Waals surface area contributed by atoms with E-state index in [-0.39, 0.29) is 48.0 Å². The molecule has 0 spiro atoms. The van der Waals surface area contributed by atoms with Gasteiger partial charge in [-0.3, -0.25) is 8.37 Å². The molecule has 0 saturated heterocycles. The van der Waals surface area contributed by atoms with Crippen LogP contribution in [0.5, 0.6) is 11.5 Å².